The lowest BCUT2D eigenvalue weighted by Crippen LogP contribution is -2.44. The van der Waals surface area contributed by atoms with Crippen LogP contribution in [0.5, 0.6) is 0 Å². The minimum atomic E-state index is 0.0811. The molecule has 3 fully saturated rings. The number of hydrogen-bond donors (Lipinski definition) is 1. The topological polar surface area (TPSA) is 49.4 Å². The molecule has 2 atom stereocenters. The van der Waals surface area contributed by atoms with Crippen molar-refractivity contribution in [2.75, 3.05) is 13.1 Å². The summed E-state index contributed by atoms with van der Waals surface area (Å²) >= 11 is 6.05. The van der Waals surface area contributed by atoms with Crippen molar-refractivity contribution in [3.63, 3.8) is 0 Å². The third-order valence-corrected chi connectivity index (χ3v) is 5.72. The van der Waals surface area contributed by atoms with Crippen LogP contribution in [-0.2, 0) is 9.59 Å². The van der Waals surface area contributed by atoms with Crippen LogP contribution in [0.1, 0.15) is 43.6 Å². The molecule has 1 aliphatic heterocycles. The summed E-state index contributed by atoms with van der Waals surface area (Å²) in [7, 11) is 0. The molecule has 1 N–H and O–H groups in total. The highest BCUT2D eigenvalue weighted by Crippen LogP contribution is 2.49. The summed E-state index contributed by atoms with van der Waals surface area (Å²) < 4.78 is 0. The van der Waals surface area contributed by atoms with E-state index in [9.17, 15) is 9.59 Å². The Labute approximate surface area is 147 Å². The molecule has 0 unspecified atom stereocenters. The molecule has 2 saturated carbocycles. The van der Waals surface area contributed by atoms with E-state index in [1.807, 2.05) is 23.1 Å². The first-order valence-electron chi connectivity index (χ1n) is 8.96. The van der Waals surface area contributed by atoms with Gasteiger partial charge in [0.05, 0.1) is 0 Å². The van der Waals surface area contributed by atoms with E-state index in [0.29, 0.717) is 25.0 Å². The lowest BCUT2D eigenvalue weighted by Gasteiger charge is -2.31. The standard InChI is InChI=1S/C19H23ClN2O2/c20-14-3-1-2-13(10-14)16-11-17(16)19(24)22-8-6-12(7-9-22)18(23)21-15-4-5-15/h1-3,10,12,15-17H,4-9,11H2,(H,21,23)/t16-,17-/m1/s1. The molecule has 4 nitrogen and oxygen atoms in total. The zero-order valence-electron chi connectivity index (χ0n) is 13.7. The van der Waals surface area contributed by atoms with E-state index in [-0.39, 0.29) is 23.7 Å². The van der Waals surface area contributed by atoms with Crippen LogP contribution < -0.4 is 5.32 Å². The largest absolute Gasteiger partial charge is 0.353 e. The third kappa shape index (κ3) is 3.44. The normalized spacial score (nSPS) is 27.0. The molecule has 5 heteroatoms. The molecule has 1 heterocycles. The number of rotatable bonds is 4. The van der Waals surface area contributed by atoms with Gasteiger partial charge >= 0.3 is 0 Å². The Morgan fingerprint density at radius 2 is 1.88 bits per heavy atom. The monoisotopic (exact) mass is 346 g/mol. The van der Waals surface area contributed by atoms with Gasteiger partial charge in [-0.15, -0.1) is 0 Å². The third-order valence-electron chi connectivity index (χ3n) is 5.49. The fourth-order valence-electron chi connectivity index (χ4n) is 3.72. The maximum atomic E-state index is 12.7. The highest BCUT2D eigenvalue weighted by Gasteiger charge is 2.46. The van der Waals surface area contributed by atoms with Crippen LogP contribution in [-0.4, -0.2) is 35.8 Å². The van der Waals surface area contributed by atoms with Crippen molar-refractivity contribution in [1.82, 2.24) is 10.2 Å². The molecule has 1 saturated heterocycles. The fourth-order valence-corrected chi connectivity index (χ4v) is 3.92. The summed E-state index contributed by atoms with van der Waals surface area (Å²) in [6.45, 7) is 1.42. The van der Waals surface area contributed by atoms with Crippen molar-refractivity contribution in [3.05, 3.63) is 34.9 Å². The van der Waals surface area contributed by atoms with Crippen molar-refractivity contribution < 1.29 is 9.59 Å². The Kier molecular flexibility index (Phi) is 4.25. The van der Waals surface area contributed by atoms with Gasteiger partial charge in [-0.2, -0.15) is 0 Å². The van der Waals surface area contributed by atoms with E-state index in [4.69, 9.17) is 11.6 Å². The Balaban J connectivity index is 1.28. The van der Waals surface area contributed by atoms with Gasteiger partial charge in [0.2, 0.25) is 11.8 Å². The molecular formula is C19H23ClN2O2. The molecule has 4 rings (SSSR count). The summed E-state index contributed by atoms with van der Waals surface area (Å²) in [4.78, 5) is 26.8. The van der Waals surface area contributed by atoms with Gasteiger partial charge in [-0.05, 0) is 55.7 Å². The number of hydrogen-bond acceptors (Lipinski definition) is 2. The molecule has 1 aromatic rings. The van der Waals surface area contributed by atoms with E-state index >= 15 is 0 Å². The number of carbonyl (C=O) groups excluding carboxylic acids is 2. The Hall–Kier alpha value is -1.55. The Morgan fingerprint density at radius 3 is 2.54 bits per heavy atom. The van der Waals surface area contributed by atoms with Gasteiger partial charge in [-0.1, -0.05) is 23.7 Å². The number of benzene rings is 1. The van der Waals surface area contributed by atoms with Gasteiger partial charge in [0, 0.05) is 36.0 Å². The average Bonchev–Trinajstić information content (AvgIpc) is 3.49. The van der Waals surface area contributed by atoms with Crippen LogP contribution in [0, 0.1) is 11.8 Å². The molecule has 0 bridgehead atoms. The molecule has 0 spiro atoms. The Bertz CT molecular complexity index is 651. The van der Waals surface area contributed by atoms with E-state index in [1.54, 1.807) is 0 Å². The molecule has 1 aromatic carbocycles. The number of piperidine rings is 1. The zero-order valence-corrected chi connectivity index (χ0v) is 14.5. The van der Waals surface area contributed by atoms with Crippen molar-refractivity contribution in [1.29, 1.82) is 0 Å². The number of amides is 2. The quantitative estimate of drug-likeness (QED) is 0.911. The molecule has 2 amide bonds. The predicted octanol–water partition coefficient (Wildman–Crippen LogP) is 2.96. The van der Waals surface area contributed by atoms with Gasteiger partial charge in [0.25, 0.3) is 0 Å². The SMILES string of the molecule is O=C(NC1CC1)C1CCN(C(=O)[C@@H]2C[C@@H]2c2cccc(Cl)c2)CC1. The van der Waals surface area contributed by atoms with E-state index in [0.717, 1.165) is 37.1 Å². The number of nitrogens with zero attached hydrogens (tertiary/aromatic N) is 1. The van der Waals surface area contributed by atoms with Gasteiger partial charge in [0.1, 0.15) is 0 Å². The minimum Gasteiger partial charge on any atom is -0.353 e. The van der Waals surface area contributed by atoms with Crippen molar-refractivity contribution in [3.8, 4) is 0 Å². The first-order valence-corrected chi connectivity index (χ1v) is 9.34. The van der Waals surface area contributed by atoms with Crippen LogP contribution in [0.25, 0.3) is 0 Å². The average molecular weight is 347 g/mol. The highest BCUT2D eigenvalue weighted by molar-refractivity contribution is 6.30. The van der Waals surface area contributed by atoms with E-state index in [2.05, 4.69) is 11.4 Å². The molecule has 0 radical (unpaired) electrons. The second-order valence-corrected chi connectivity index (χ2v) is 7.82. The lowest BCUT2D eigenvalue weighted by atomic mass is 9.95. The smallest absolute Gasteiger partial charge is 0.226 e. The Morgan fingerprint density at radius 1 is 1.12 bits per heavy atom. The molecular weight excluding hydrogens is 324 g/mol. The fraction of sp³-hybridized carbons (Fsp3) is 0.579. The van der Waals surface area contributed by atoms with Crippen LogP contribution in [0.15, 0.2) is 24.3 Å². The number of nitrogens with one attached hydrogen (secondary N) is 1. The zero-order chi connectivity index (χ0) is 16.7. The first kappa shape index (κ1) is 15.9. The van der Waals surface area contributed by atoms with Crippen LogP contribution in [0.2, 0.25) is 5.02 Å². The van der Waals surface area contributed by atoms with Crippen LogP contribution in [0.4, 0.5) is 0 Å². The summed E-state index contributed by atoms with van der Waals surface area (Å²) in [6, 6.07) is 8.25. The maximum Gasteiger partial charge on any atom is 0.226 e. The summed E-state index contributed by atoms with van der Waals surface area (Å²) in [5.74, 6) is 0.929. The van der Waals surface area contributed by atoms with Crippen LogP contribution >= 0.6 is 11.6 Å². The summed E-state index contributed by atoms with van der Waals surface area (Å²) in [6.07, 6.45) is 4.74. The van der Waals surface area contributed by atoms with E-state index in [1.165, 1.54) is 5.56 Å². The number of carbonyl (C=O) groups is 2. The van der Waals surface area contributed by atoms with Gasteiger partial charge in [0.15, 0.2) is 0 Å². The second-order valence-electron chi connectivity index (χ2n) is 7.39. The van der Waals surface area contributed by atoms with Crippen molar-refractivity contribution in [2.45, 2.75) is 44.1 Å². The molecule has 2 aliphatic carbocycles. The summed E-state index contributed by atoms with van der Waals surface area (Å²) in [5, 5.41) is 3.81. The number of halogens is 1. The number of likely N-dealkylation sites (tertiary alicyclic amines) is 1. The predicted molar refractivity (Wildman–Crippen MR) is 92.8 cm³/mol. The molecule has 24 heavy (non-hydrogen) atoms. The van der Waals surface area contributed by atoms with Gasteiger partial charge in [-0.3, -0.25) is 9.59 Å². The van der Waals surface area contributed by atoms with Gasteiger partial charge in [-0.25, -0.2) is 0 Å². The highest BCUT2D eigenvalue weighted by atomic mass is 35.5. The van der Waals surface area contributed by atoms with E-state index < -0.39 is 0 Å². The molecule has 128 valence electrons. The lowest BCUT2D eigenvalue weighted by molar-refractivity contribution is -0.136. The van der Waals surface area contributed by atoms with Crippen LogP contribution in [0.3, 0.4) is 0 Å². The maximum absolute atomic E-state index is 12.7. The second kappa shape index (κ2) is 6.40. The molecule has 3 aliphatic rings. The minimum absolute atomic E-state index is 0.0811. The van der Waals surface area contributed by atoms with Crippen molar-refractivity contribution in [2.24, 2.45) is 11.8 Å². The molecule has 0 aromatic heterocycles. The van der Waals surface area contributed by atoms with Crippen molar-refractivity contribution >= 4 is 23.4 Å². The summed E-state index contributed by atoms with van der Waals surface area (Å²) in [5.41, 5.74) is 1.17. The van der Waals surface area contributed by atoms with Gasteiger partial charge < -0.3 is 10.2 Å². The first-order chi connectivity index (χ1) is 11.6.